The molecule has 2 saturated carbocycles. The highest BCUT2D eigenvalue weighted by Crippen LogP contribution is 2.62. The summed E-state index contributed by atoms with van der Waals surface area (Å²) in [5, 5.41) is 0. The minimum Gasteiger partial charge on any atom is -0.497 e. The highest BCUT2D eigenvalue weighted by molar-refractivity contribution is 5.67. The van der Waals surface area contributed by atoms with Gasteiger partial charge in [0.15, 0.2) is 0 Å². The number of ether oxygens (including phenoxy) is 1. The number of rotatable bonds is 2. The standard InChI is InChI=1S/C21H26O2/c1-21-11-9-18-17-7-5-16(23-2)13-14(17)3-6-19(18)20(21)8-4-15(21)10-12-22/h3,5,7,10,12-13,17-20H,4,6,8-9,11H2,1-2H3/b15-10+/t17-,18+,19+,20-,21+/m0/s1. The van der Waals surface area contributed by atoms with Gasteiger partial charge in [-0.2, -0.15) is 0 Å². The molecule has 0 aromatic heterocycles. The van der Waals surface area contributed by atoms with Gasteiger partial charge in [0.2, 0.25) is 0 Å². The highest BCUT2D eigenvalue weighted by atomic mass is 16.5. The van der Waals surface area contributed by atoms with E-state index in [-0.39, 0.29) is 5.41 Å². The summed E-state index contributed by atoms with van der Waals surface area (Å²) in [7, 11) is 1.74. The van der Waals surface area contributed by atoms with Crippen molar-refractivity contribution in [1.29, 1.82) is 0 Å². The monoisotopic (exact) mass is 310 g/mol. The number of allylic oxidation sites excluding steroid dienone is 7. The topological polar surface area (TPSA) is 26.3 Å². The Labute approximate surface area is 139 Å². The summed E-state index contributed by atoms with van der Waals surface area (Å²) in [5.74, 6) is 3.81. The Morgan fingerprint density at radius 3 is 2.96 bits per heavy atom. The van der Waals surface area contributed by atoms with Crippen LogP contribution in [-0.2, 0) is 9.53 Å². The molecule has 4 aliphatic carbocycles. The van der Waals surface area contributed by atoms with Crippen molar-refractivity contribution in [2.75, 3.05) is 7.11 Å². The number of hydrogen-bond acceptors (Lipinski definition) is 2. The van der Waals surface area contributed by atoms with Crippen molar-refractivity contribution in [2.24, 2.45) is 29.1 Å². The smallest absolute Gasteiger partial charge is 0.142 e. The van der Waals surface area contributed by atoms with Crippen molar-refractivity contribution >= 4 is 6.29 Å². The predicted octanol–water partition coefficient (Wildman–Crippen LogP) is 4.60. The zero-order valence-electron chi connectivity index (χ0n) is 14.1. The molecule has 2 nitrogen and oxygen atoms in total. The number of aldehydes is 1. The summed E-state index contributed by atoms with van der Waals surface area (Å²) in [5.41, 5.74) is 3.13. The third-order valence-electron chi connectivity index (χ3n) is 7.09. The van der Waals surface area contributed by atoms with Crippen LogP contribution in [0, 0.1) is 29.1 Å². The first-order valence-electron chi connectivity index (χ1n) is 8.96. The molecule has 5 atom stereocenters. The largest absolute Gasteiger partial charge is 0.497 e. The fraction of sp³-hybridized carbons (Fsp3) is 0.571. The van der Waals surface area contributed by atoms with Crippen LogP contribution in [0.25, 0.3) is 0 Å². The molecule has 2 fully saturated rings. The number of methoxy groups -OCH3 is 1. The zero-order chi connectivity index (χ0) is 16.0. The van der Waals surface area contributed by atoms with E-state index in [9.17, 15) is 4.79 Å². The van der Waals surface area contributed by atoms with E-state index in [1.807, 2.05) is 6.08 Å². The zero-order valence-corrected chi connectivity index (χ0v) is 14.1. The van der Waals surface area contributed by atoms with Crippen molar-refractivity contribution in [1.82, 2.24) is 0 Å². The molecule has 0 radical (unpaired) electrons. The normalized spacial score (nSPS) is 43.1. The average molecular weight is 310 g/mol. The third kappa shape index (κ3) is 2.18. The molecule has 0 aromatic rings. The first-order valence-corrected chi connectivity index (χ1v) is 8.96. The summed E-state index contributed by atoms with van der Waals surface area (Å²) in [6.07, 6.45) is 18.1. The minimum atomic E-state index is 0.263. The molecule has 4 rings (SSSR count). The van der Waals surface area contributed by atoms with Gasteiger partial charge in [-0.15, -0.1) is 0 Å². The molecule has 0 saturated heterocycles. The molecule has 0 aromatic carbocycles. The molecule has 0 aliphatic heterocycles. The number of hydrogen-bond donors (Lipinski definition) is 0. The molecule has 122 valence electrons. The van der Waals surface area contributed by atoms with Gasteiger partial charge in [0, 0.05) is 5.92 Å². The van der Waals surface area contributed by atoms with Gasteiger partial charge in [-0.3, -0.25) is 4.79 Å². The summed E-state index contributed by atoms with van der Waals surface area (Å²) < 4.78 is 5.40. The fourth-order valence-corrected chi connectivity index (χ4v) is 5.91. The van der Waals surface area contributed by atoms with Crippen LogP contribution in [0.1, 0.15) is 39.0 Å². The van der Waals surface area contributed by atoms with Crippen molar-refractivity contribution in [2.45, 2.75) is 39.0 Å². The molecule has 0 spiro atoms. The minimum absolute atomic E-state index is 0.263. The van der Waals surface area contributed by atoms with Crippen LogP contribution in [0.15, 0.2) is 47.3 Å². The van der Waals surface area contributed by atoms with E-state index in [0.717, 1.165) is 36.2 Å². The Hall–Kier alpha value is -1.57. The lowest BCUT2D eigenvalue weighted by Crippen LogP contribution is -2.43. The SMILES string of the molecule is COC1=CC2=CC[C@@H]3[C@H](CC[C@]4(C)/C(=C/C=O)CC[C@@H]34)[C@H]2C=C1. The first-order chi connectivity index (χ1) is 11.2. The van der Waals surface area contributed by atoms with E-state index in [0.29, 0.717) is 5.92 Å². The summed E-state index contributed by atoms with van der Waals surface area (Å²) in [6, 6.07) is 0. The lowest BCUT2D eigenvalue weighted by molar-refractivity contribution is -0.104. The maximum atomic E-state index is 11.0. The molecule has 0 bridgehead atoms. The van der Waals surface area contributed by atoms with Crippen LogP contribution in [0.5, 0.6) is 0 Å². The Morgan fingerprint density at radius 2 is 2.17 bits per heavy atom. The molecule has 23 heavy (non-hydrogen) atoms. The Balaban J connectivity index is 1.65. The maximum absolute atomic E-state index is 11.0. The summed E-state index contributed by atoms with van der Waals surface area (Å²) in [4.78, 5) is 11.0. The molecule has 0 amide bonds. The Bertz CT molecular complexity index is 636. The molecular weight excluding hydrogens is 284 g/mol. The second kappa shape index (κ2) is 5.51. The lowest BCUT2D eigenvalue weighted by atomic mass is 9.53. The predicted molar refractivity (Wildman–Crippen MR) is 91.6 cm³/mol. The maximum Gasteiger partial charge on any atom is 0.142 e. The van der Waals surface area contributed by atoms with Crippen LogP contribution in [0.4, 0.5) is 0 Å². The number of carbonyl (C=O) groups excluding carboxylic acids is 1. The highest BCUT2D eigenvalue weighted by Gasteiger charge is 2.53. The molecule has 0 heterocycles. The van der Waals surface area contributed by atoms with E-state index < -0.39 is 0 Å². The van der Waals surface area contributed by atoms with E-state index >= 15 is 0 Å². The Kier molecular flexibility index (Phi) is 3.59. The van der Waals surface area contributed by atoms with Crippen LogP contribution in [-0.4, -0.2) is 13.4 Å². The first kappa shape index (κ1) is 15.0. The van der Waals surface area contributed by atoms with Gasteiger partial charge in [0.1, 0.15) is 12.0 Å². The van der Waals surface area contributed by atoms with Crippen molar-refractivity contribution in [3.8, 4) is 0 Å². The number of carbonyl (C=O) groups is 1. The van der Waals surface area contributed by atoms with Gasteiger partial charge >= 0.3 is 0 Å². The Morgan fingerprint density at radius 1 is 1.30 bits per heavy atom. The van der Waals surface area contributed by atoms with Crippen molar-refractivity contribution < 1.29 is 9.53 Å². The van der Waals surface area contributed by atoms with Crippen LogP contribution in [0.2, 0.25) is 0 Å². The molecule has 0 N–H and O–H groups in total. The number of fused-ring (bicyclic) bond motifs is 5. The molecule has 2 heteroatoms. The van der Waals surface area contributed by atoms with Gasteiger partial charge < -0.3 is 4.74 Å². The van der Waals surface area contributed by atoms with E-state index in [1.165, 1.54) is 36.8 Å². The van der Waals surface area contributed by atoms with Crippen molar-refractivity contribution in [3.05, 3.63) is 47.3 Å². The average Bonchev–Trinajstić information content (AvgIpc) is 2.91. The fourth-order valence-electron chi connectivity index (χ4n) is 5.91. The molecule has 0 unspecified atom stereocenters. The lowest BCUT2D eigenvalue weighted by Gasteiger charge is -2.51. The summed E-state index contributed by atoms with van der Waals surface area (Å²) in [6.45, 7) is 2.41. The van der Waals surface area contributed by atoms with Gasteiger partial charge in [-0.1, -0.05) is 24.6 Å². The van der Waals surface area contributed by atoms with Gasteiger partial charge in [-0.05, 0) is 79.1 Å². The van der Waals surface area contributed by atoms with Gasteiger partial charge in [0.25, 0.3) is 0 Å². The van der Waals surface area contributed by atoms with E-state index in [4.69, 9.17) is 4.74 Å². The van der Waals surface area contributed by atoms with Gasteiger partial charge in [0.05, 0.1) is 7.11 Å². The van der Waals surface area contributed by atoms with E-state index in [1.54, 1.807) is 7.11 Å². The van der Waals surface area contributed by atoms with Crippen LogP contribution < -0.4 is 0 Å². The van der Waals surface area contributed by atoms with Crippen LogP contribution in [0.3, 0.4) is 0 Å². The van der Waals surface area contributed by atoms with Crippen molar-refractivity contribution in [3.63, 3.8) is 0 Å². The third-order valence-corrected chi connectivity index (χ3v) is 7.09. The quantitative estimate of drug-likeness (QED) is 0.550. The molecular formula is C21H26O2. The second-order valence-electron chi connectivity index (χ2n) is 7.83. The summed E-state index contributed by atoms with van der Waals surface area (Å²) >= 11 is 0. The second-order valence-corrected chi connectivity index (χ2v) is 7.83. The molecule has 4 aliphatic rings. The van der Waals surface area contributed by atoms with E-state index in [2.05, 4.69) is 31.2 Å². The van der Waals surface area contributed by atoms with Crippen LogP contribution >= 0.6 is 0 Å². The van der Waals surface area contributed by atoms with Gasteiger partial charge in [-0.25, -0.2) is 0 Å².